The monoisotopic (exact) mass is 422 g/mol. The van der Waals surface area contributed by atoms with E-state index in [0.29, 0.717) is 36.4 Å². The van der Waals surface area contributed by atoms with E-state index in [1.165, 1.54) is 38.5 Å². The molecule has 0 aromatic rings. The van der Waals surface area contributed by atoms with Gasteiger partial charge in [0.25, 0.3) is 0 Å². The maximum atomic E-state index is 11.9. The van der Waals surface area contributed by atoms with Crippen LogP contribution in [0.2, 0.25) is 0 Å². The summed E-state index contributed by atoms with van der Waals surface area (Å²) in [5.41, 5.74) is 0. The maximum Gasteiger partial charge on any atom is 0.313 e. The first-order valence-electron chi connectivity index (χ1n) is 10.9. The third-order valence-corrected chi connectivity index (χ3v) is 5.98. The van der Waals surface area contributed by atoms with Crippen molar-refractivity contribution in [1.29, 1.82) is 0 Å². The first-order valence-corrected chi connectivity index (χ1v) is 12.0. The summed E-state index contributed by atoms with van der Waals surface area (Å²) < 4.78 is 4.96. The number of carbonyl (C=O) groups is 2. The van der Waals surface area contributed by atoms with E-state index in [0.717, 1.165) is 25.7 Å². The molecule has 0 aliphatic rings. The van der Waals surface area contributed by atoms with Crippen LogP contribution in [0.1, 0.15) is 104 Å². The van der Waals surface area contributed by atoms with Crippen molar-refractivity contribution in [2.24, 2.45) is 11.8 Å². The standard InChI is InChI=1S/C22H40Cl2O3/c1-3-5-7-9-11-19(17-23)13-15-21(25)27-22(26)16-14-20(18-24)12-10-8-6-4-2/h19-20H,3-18H2,1-2H3. The van der Waals surface area contributed by atoms with Crippen LogP contribution in [0.3, 0.4) is 0 Å². The van der Waals surface area contributed by atoms with E-state index in [-0.39, 0.29) is 12.8 Å². The molecule has 0 aromatic carbocycles. The zero-order chi connectivity index (χ0) is 20.3. The second-order valence-electron chi connectivity index (χ2n) is 7.66. The van der Waals surface area contributed by atoms with E-state index in [1.54, 1.807) is 0 Å². The number of unbranched alkanes of at least 4 members (excludes halogenated alkanes) is 6. The summed E-state index contributed by atoms with van der Waals surface area (Å²) in [5, 5.41) is 0. The van der Waals surface area contributed by atoms with Crippen molar-refractivity contribution in [3.05, 3.63) is 0 Å². The molecule has 3 nitrogen and oxygen atoms in total. The zero-order valence-corrected chi connectivity index (χ0v) is 19.0. The van der Waals surface area contributed by atoms with Gasteiger partial charge >= 0.3 is 11.9 Å². The molecule has 5 heteroatoms. The van der Waals surface area contributed by atoms with Gasteiger partial charge in [0.05, 0.1) is 0 Å². The smallest absolute Gasteiger partial charge is 0.313 e. The molecule has 0 aliphatic heterocycles. The average molecular weight is 423 g/mol. The fourth-order valence-corrected chi connectivity index (χ4v) is 3.81. The number of hydrogen-bond donors (Lipinski definition) is 0. The Bertz CT molecular complexity index is 341. The molecular weight excluding hydrogens is 383 g/mol. The summed E-state index contributed by atoms with van der Waals surface area (Å²) in [6.45, 7) is 4.38. The summed E-state index contributed by atoms with van der Waals surface area (Å²) in [7, 11) is 0. The molecule has 0 fully saturated rings. The minimum absolute atomic E-state index is 0.271. The third-order valence-electron chi connectivity index (χ3n) is 5.11. The van der Waals surface area contributed by atoms with Crippen molar-refractivity contribution in [2.45, 2.75) is 104 Å². The van der Waals surface area contributed by atoms with Gasteiger partial charge in [-0.25, -0.2) is 0 Å². The van der Waals surface area contributed by atoms with Crippen molar-refractivity contribution in [2.75, 3.05) is 11.8 Å². The van der Waals surface area contributed by atoms with Crippen LogP contribution >= 0.6 is 23.2 Å². The number of ether oxygens (including phenoxy) is 1. The van der Waals surface area contributed by atoms with Crippen molar-refractivity contribution in [1.82, 2.24) is 0 Å². The number of hydrogen-bond acceptors (Lipinski definition) is 3. The van der Waals surface area contributed by atoms with Crippen LogP contribution < -0.4 is 0 Å². The van der Waals surface area contributed by atoms with E-state index in [4.69, 9.17) is 27.9 Å². The number of halogens is 2. The Morgan fingerprint density at radius 1 is 0.667 bits per heavy atom. The molecule has 0 spiro atoms. The highest BCUT2D eigenvalue weighted by molar-refractivity contribution is 6.18. The SMILES string of the molecule is CCCCCCC(CCl)CCC(=O)OC(=O)CCC(CCl)CCCCCC. The molecule has 27 heavy (non-hydrogen) atoms. The molecule has 0 radical (unpaired) electrons. The predicted octanol–water partition coefficient (Wildman–Crippen LogP) is 7.27. The lowest BCUT2D eigenvalue weighted by molar-refractivity contribution is -0.160. The molecule has 160 valence electrons. The molecule has 0 aromatic heterocycles. The molecular formula is C22H40Cl2O3. The van der Waals surface area contributed by atoms with Crippen LogP contribution in [0.15, 0.2) is 0 Å². The zero-order valence-electron chi connectivity index (χ0n) is 17.4. The molecule has 0 bridgehead atoms. The summed E-state index contributed by atoms with van der Waals surface area (Å²) in [5.74, 6) is 0.930. The Balaban J connectivity index is 3.92. The van der Waals surface area contributed by atoms with Gasteiger partial charge < -0.3 is 4.74 Å². The molecule has 0 amide bonds. The van der Waals surface area contributed by atoms with Gasteiger partial charge in [0.1, 0.15) is 0 Å². The Morgan fingerprint density at radius 3 is 1.41 bits per heavy atom. The highest BCUT2D eigenvalue weighted by atomic mass is 35.5. The fourth-order valence-electron chi connectivity index (χ4n) is 3.19. The second-order valence-corrected chi connectivity index (χ2v) is 8.28. The fraction of sp³-hybridized carbons (Fsp3) is 0.909. The van der Waals surface area contributed by atoms with E-state index < -0.39 is 11.9 Å². The third kappa shape index (κ3) is 16.4. The van der Waals surface area contributed by atoms with Gasteiger partial charge in [-0.2, -0.15) is 0 Å². The summed E-state index contributed by atoms with van der Waals surface area (Å²) >= 11 is 12.0. The number of rotatable bonds is 18. The highest BCUT2D eigenvalue weighted by Gasteiger charge is 2.16. The van der Waals surface area contributed by atoms with E-state index in [1.807, 2.05) is 0 Å². The van der Waals surface area contributed by atoms with Gasteiger partial charge in [-0.1, -0.05) is 65.2 Å². The van der Waals surface area contributed by atoms with Gasteiger partial charge in [0.15, 0.2) is 0 Å². The first kappa shape index (κ1) is 26.7. The van der Waals surface area contributed by atoms with Gasteiger partial charge in [-0.05, 0) is 37.5 Å². The van der Waals surface area contributed by atoms with Crippen LogP contribution in [0.5, 0.6) is 0 Å². The van der Waals surface area contributed by atoms with Gasteiger partial charge in [-0.3, -0.25) is 9.59 Å². The Hall–Kier alpha value is -0.280. The average Bonchev–Trinajstić information content (AvgIpc) is 2.66. The van der Waals surface area contributed by atoms with Gasteiger partial charge in [0.2, 0.25) is 0 Å². The number of alkyl halides is 2. The lowest BCUT2D eigenvalue weighted by Crippen LogP contribution is -2.15. The lowest BCUT2D eigenvalue weighted by atomic mass is 9.97. The Morgan fingerprint density at radius 2 is 1.07 bits per heavy atom. The van der Waals surface area contributed by atoms with E-state index >= 15 is 0 Å². The molecule has 2 unspecified atom stereocenters. The quantitative estimate of drug-likeness (QED) is 0.101. The minimum Gasteiger partial charge on any atom is -0.393 e. The van der Waals surface area contributed by atoms with Crippen molar-refractivity contribution in [3.63, 3.8) is 0 Å². The van der Waals surface area contributed by atoms with Crippen LogP contribution in [0.4, 0.5) is 0 Å². The van der Waals surface area contributed by atoms with Gasteiger partial charge in [0, 0.05) is 24.6 Å². The summed E-state index contributed by atoms with van der Waals surface area (Å²) in [4.78, 5) is 23.8. The summed E-state index contributed by atoms with van der Waals surface area (Å²) in [6.07, 6.45) is 13.7. The lowest BCUT2D eigenvalue weighted by Gasteiger charge is -2.14. The first-order chi connectivity index (χ1) is 13.1. The minimum atomic E-state index is -0.422. The summed E-state index contributed by atoms with van der Waals surface area (Å²) in [6, 6.07) is 0. The normalized spacial score (nSPS) is 13.3. The van der Waals surface area contributed by atoms with Crippen LogP contribution in [-0.4, -0.2) is 23.7 Å². The number of carbonyl (C=O) groups excluding carboxylic acids is 2. The molecule has 0 rings (SSSR count). The van der Waals surface area contributed by atoms with Gasteiger partial charge in [-0.15, -0.1) is 23.2 Å². The molecule has 0 aliphatic carbocycles. The topological polar surface area (TPSA) is 43.4 Å². The van der Waals surface area contributed by atoms with Crippen LogP contribution in [0.25, 0.3) is 0 Å². The van der Waals surface area contributed by atoms with Crippen LogP contribution in [-0.2, 0) is 14.3 Å². The Labute approximate surface area is 176 Å². The van der Waals surface area contributed by atoms with Crippen molar-refractivity contribution < 1.29 is 14.3 Å². The van der Waals surface area contributed by atoms with Crippen molar-refractivity contribution in [3.8, 4) is 0 Å². The molecule has 0 heterocycles. The molecule has 2 atom stereocenters. The van der Waals surface area contributed by atoms with Crippen molar-refractivity contribution >= 4 is 35.1 Å². The highest BCUT2D eigenvalue weighted by Crippen LogP contribution is 2.20. The Kier molecular flexibility index (Phi) is 18.9. The second kappa shape index (κ2) is 19.1. The molecule has 0 saturated heterocycles. The predicted molar refractivity (Wildman–Crippen MR) is 116 cm³/mol. The van der Waals surface area contributed by atoms with E-state index in [9.17, 15) is 9.59 Å². The molecule has 0 saturated carbocycles. The number of esters is 2. The van der Waals surface area contributed by atoms with Crippen LogP contribution in [0, 0.1) is 11.8 Å². The van der Waals surface area contributed by atoms with E-state index in [2.05, 4.69) is 13.8 Å². The maximum absolute atomic E-state index is 11.9. The molecule has 0 N–H and O–H groups in total. The largest absolute Gasteiger partial charge is 0.393 e.